The Balaban J connectivity index is 2.14. The van der Waals surface area contributed by atoms with E-state index in [2.05, 4.69) is 19.2 Å². The Morgan fingerprint density at radius 3 is 2.33 bits per heavy atom. The molecule has 0 spiro atoms. The van der Waals surface area contributed by atoms with Gasteiger partial charge in [-0.2, -0.15) is 0 Å². The molecule has 0 saturated carbocycles. The molecule has 2 atom stereocenters. The SMILES string of the molecule is COc1ccc(C2CN(C(=O)CC(C)C)CC2C(=O)NCCC(C)C)cc1. The van der Waals surface area contributed by atoms with Crippen LogP contribution in [0.15, 0.2) is 24.3 Å². The highest BCUT2D eigenvalue weighted by atomic mass is 16.5. The van der Waals surface area contributed by atoms with Crippen molar-refractivity contribution >= 4 is 11.8 Å². The van der Waals surface area contributed by atoms with Crippen LogP contribution < -0.4 is 10.1 Å². The number of rotatable bonds is 8. The molecule has 1 aromatic carbocycles. The van der Waals surface area contributed by atoms with E-state index in [9.17, 15) is 9.59 Å². The number of benzene rings is 1. The van der Waals surface area contributed by atoms with Crippen LogP contribution in [0.1, 0.15) is 52.0 Å². The van der Waals surface area contributed by atoms with Gasteiger partial charge in [0.15, 0.2) is 0 Å². The van der Waals surface area contributed by atoms with Crippen molar-refractivity contribution in [3.05, 3.63) is 29.8 Å². The zero-order valence-electron chi connectivity index (χ0n) is 17.3. The first-order chi connectivity index (χ1) is 12.8. The molecule has 1 saturated heterocycles. The second kappa shape index (κ2) is 9.77. The van der Waals surface area contributed by atoms with Gasteiger partial charge in [-0.25, -0.2) is 0 Å². The third-order valence-corrected chi connectivity index (χ3v) is 5.16. The summed E-state index contributed by atoms with van der Waals surface area (Å²) in [6.45, 7) is 10.2. The number of nitrogens with zero attached hydrogens (tertiary/aromatic N) is 1. The summed E-state index contributed by atoms with van der Waals surface area (Å²) in [7, 11) is 1.64. The number of hydrogen-bond acceptors (Lipinski definition) is 3. The second-order valence-corrected chi connectivity index (χ2v) is 8.36. The van der Waals surface area contributed by atoms with Crippen LogP contribution in [0, 0.1) is 17.8 Å². The van der Waals surface area contributed by atoms with Crippen LogP contribution in [0.5, 0.6) is 5.75 Å². The third kappa shape index (κ3) is 5.98. The molecule has 150 valence electrons. The van der Waals surface area contributed by atoms with Gasteiger partial charge in [0.05, 0.1) is 13.0 Å². The minimum absolute atomic E-state index is 0.0195. The molecule has 1 fully saturated rings. The molecular formula is C22H34N2O3. The van der Waals surface area contributed by atoms with E-state index >= 15 is 0 Å². The summed E-state index contributed by atoms with van der Waals surface area (Å²) in [6, 6.07) is 7.85. The van der Waals surface area contributed by atoms with Gasteiger partial charge < -0.3 is 15.0 Å². The molecule has 27 heavy (non-hydrogen) atoms. The molecule has 2 amide bonds. The maximum absolute atomic E-state index is 12.9. The molecule has 5 nitrogen and oxygen atoms in total. The highest BCUT2D eigenvalue weighted by Gasteiger charge is 2.40. The van der Waals surface area contributed by atoms with Crippen molar-refractivity contribution < 1.29 is 14.3 Å². The first kappa shape index (κ1) is 21.3. The fraction of sp³-hybridized carbons (Fsp3) is 0.636. The average molecular weight is 375 g/mol. The highest BCUT2D eigenvalue weighted by Crippen LogP contribution is 2.34. The molecule has 0 aliphatic carbocycles. The molecule has 1 N–H and O–H groups in total. The molecule has 1 aliphatic heterocycles. The Bertz CT molecular complexity index is 625. The fourth-order valence-electron chi connectivity index (χ4n) is 3.56. The lowest BCUT2D eigenvalue weighted by atomic mass is 9.88. The number of hydrogen-bond donors (Lipinski definition) is 1. The Labute approximate surface area is 163 Å². The molecule has 5 heteroatoms. The summed E-state index contributed by atoms with van der Waals surface area (Å²) in [5, 5.41) is 3.08. The number of methoxy groups -OCH3 is 1. The van der Waals surface area contributed by atoms with E-state index in [1.165, 1.54) is 0 Å². The van der Waals surface area contributed by atoms with Gasteiger partial charge in [-0.05, 0) is 36.0 Å². The summed E-state index contributed by atoms with van der Waals surface area (Å²) in [5.41, 5.74) is 1.08. The zero-order valence-corrected chi connectivity index (χ0v) is 17.3. The second-order valence-electron chi connectivity index (χ2n) is 8.36. The maximum atomic E-state index is 12.9. The predicted molar refractivity (Wildman–Crippen MR) is 108 cm³/mol. The van der Waals surface area contributed by atoms with E-state index in [-0.39, 0.29) is 23.7 Å². The number of nitrogens with one attached hydrogen (secondary N) is 1. The number of ether oxygens (including phenoxy) is 1. The van der Waals surface area contributed by atoms with Crippen LogP contribution in [-0.2, 0) is 9.59 Å². The Morgan fingerprint density at radius 1 is 1.11 bits per heavy atom. The van der Waals surface area contributed by atoms with Gasteiger partial charge >= 0.3 is 0 Å². The monoisotopic (exact) mass is 374 g/mol. The van der Waals surface area contributed by atoms with E-state index < -0.39 is 0 Å². The molecule has 0 bridgehead atoms. The van der Waals surface area contributed by atoms with Crippen molar-refractivity contribution in [3.8, 4) is 5.75 Å². The lowest BCUT2D eigenvalue weighted by Gasteiger charge is -2.18. The smallest absolute Gasteiger partial charge is 0.225 e. The summed E-state index contributed by atoms with van der Waals surface area (Å²) in [5.74, 6) is 1.67. The van der Waals surface area contributed by atoms with Crippen LogP contribution in [0.3, 0.4) is 0 Å². The highest BCUT2D eigenvalue weighted by molar-refractivity contribution is 5.83. The average Bonchev–Trinajstić information content (AvgIpc) is 3.06. The Kier molecular flexibility index (Phi) is 7.69. The van der Waals surface area contributed by atoms with Crippen molar-refractivity contribution in [2.24, 2.45) is 17.8 Å². The van der Waals surface area contributed by atoms with Gasteiger partial charge in [0.2, 0.25) is 11.8 Å². The van der Waals surface area contributed by atoms with E-state index in [1.807, 2.05) is 43.0 Å². The van der Waals surface area contributed by atoms with Crippen molar-refractivity contribution in [1.29, 1.82) is 0 Å². The standard InChI is InChI=1S/C22H34N2O3/c1-15(2)10-11-23-22(26)20-14-24(21(25)12-16(3)4)13-19(20)17-6-8-18(27-5)9-7-17/h6-9,15-16,19-20H,10-14H2,1-5H3,(H,23,26). The van der Waals surface area contributed by atoms with E-state index in [0.717, 1.165) is 17.7 Å². The van der Waals surface area contributed by atoms with Gasteiger partial charge in [-0.1, -0.05) is 39.8 Å². The quantitative estimate of drug-likeness (QED) is 0.758. The van der Waals surface area contributed by atoms with Crippen LogP contribution >= 0.6 is 0 Å². The van der Waals surface area contributed by atoms with Gasteiger partial charge in [-0.15, -0.1) is 0 Å². The van der Waals surface area contributed by atoms with Crippen molar-refractivity contribution in [2.45, 2.75) is 46.5 Å². The van der Waals surface area contributed by atoms with Gasteiger partial charge in [0.1, 0.15) is 5.75 Å². The molecule has 1 aromatic rings. The molecular weight excluding hydrogens is 340 g/mol. The van der Waals surface area contributed by atoms with Gasteiger partial charge in [0, 0.05) is 32.0 Å². The summed E-state index contributed by atoms with van der Waals surface area (Å²) in [4.78, 5) is 27.3. The molecule has 1 aliphatic rings. The van der Waals surface area contributed by atoms with Crippen molar-refractivity contribution in [1.82, 2.24) is 10.2 Å². The van der Waals surface area contributed by atoms with Crippen molar-refractivity contribution in [3.63, 3.8) is 0 Å². The minimum Gasteiger partial charge on any atom is -0.497 e. The summed E-state index contributed by atoms with van der Waals surface area (Å²) in [6.07, 6.45) is 1.48. The Morgan fingerprint density at radius 2 is 1.78 bits per heavy atom. The van der Waals surface area contributed by atoms with Crippen LogP contribution in [-0.4, -0.2) is 43.5 Å². The first-order valence-corrected chi connectivity index (χ1v) is 10.0. The number of likely N-dealkylation sites (tertiary alicyclic amines) is 1. The zero-order chi connectivity index (χ0) is 20.0. The topological polar surface area (TPSA) is 58.6 Å². The number of carbonyl (C=O) groups is 2. The minimum atomic E-state index is -0.207. The molecule has 2 unspecified atom stereocenters. The number of amides is 2. The molecule has 0 aromatic heterocycles. The first-order valence-electron chi connectivity index (χ1n) is 10.0. The molecule has 2 rings (SSSR count). The fourth-order valence-corrected chi connectivity index (χ4v) is 3.56. The normalized spacial score (nSPS) is 19.6. The van der Waals surface area contributed by atoms with Crippen molar-refractivity contribution in [2.75, 3.05) is 26.7 Å². The van der Waals surface area contributed by atoms with Gasteiger partial charge in [-0.3, -0.25) is 9.59 Å². The summed E-state index contributed by atoms with van der Waals surface area (Å²) >= 11 is 0. The third-order valence-electron chi connectivity index (χ3n) is 5.16. The molecule has 1 heterocycles. The predicted octanol–water partition coefficient (Wildman–Crippen LogP) is 3.45. The van der Waals surface area contributed by atoms with Gasteiger partial charge in [0.25, 0.3) is 0 Å². The summed E-state index contributed by atoms with van der Waals surface area (Å²) < 4.78 is 5.24. The van der Waals surface area contributed by atoms with Crippen LogP contribution in [0.2, 0.25) is 0 Å². The Hall–Kier alpha value is -2.04. The van der Waals surface area contributed by atoms with Crippen LogP contribution in [0.4, 0.5) is 0 Å². The van der Waals surface area contributed by atoms with Crippen LogP contribution in [0.25, 0.3) is 0 Å². The van der Waals surface area contributed by atoms with E-state index in [1.54, 1.807) is 7.11 Å². The lowest BCUT2D eigenvalue weighted by Crippen LogP contribution is -2.36. The largest absolute Gasteiger partial charge is 0.497 e. The van der Waals surface area contributed by atoms with E-state index in [0.29, 0.717) is 37.9 Å². The number of carbonyl (C=O) groups excluding carboxylic acids is 2. The molecule has 0 radical (unpaired) electrons. The van der Waals surface area contributed by atoms with E-state index in [4.69, 9.17) is 4.74 Å². The maximum Gasteiger partial charge on any atom is 0.225 e. The lowest BCUT2D eigenvalue weighted by molar-refractivity contribution is -0.131.